The first kappa shape index (κ1) is 15.9. The van der Waals surface area contributed by atoms with Crippen molar-refractivity contribution in [2.45, 2.75) is 0 Å². The molecule has 0 radical (unpaired) electrons. The fraction of sp³-hybridized carbons (Fsp3) is 0.0667. The number of hydrogen-bond acceptors (Lipinski definition) is 4. The van der Waals surface area contributed by atoms with Crippen molar-refractivity contribution in [2.24, 2.45) is 0 Å². The Kier molecular flexibility index (Phi) is 4.56. The van der Waals surface area contributed by atoms with Crippen LogP contribution in [0.1, 0.15) is 0 Å². The minimum absolute atomic E-state index is 0.372. The fourth-order valence-electron chi connectivity index (χ4n) is 1.92. The maximum absolute atomic E-state index is 12.0. The maximum Gasteiger partial charge on any atom is 0.325 e. The number of halogens is 2. The van der Waals surface area contributed by atoms with Gasteiger partial charge in [0, 0.05) is 11.8 Å². The van der Waals surface area contributed by atoms with Gasteiger partial charge in [-0.3, -0.25) is 5.32 Å². The minimum Gasteiger partial charge on any atom is -0.497 e. The Morgan fingerprint density at radius 1 is 1.13 bits per heavy atom. The number of nitrogens with one attached hydrogen (secondary N) is 2. The summed E-state index contributed by atoms with van der Waals surface area (Å²) >= 11 is 13.1. The normalized spacial score (nSPS) is 10.6. The van der Waals surface area contributed by atoms with E-state index in [4.69, 9.17) is 27.9 Å². The van der Waals surface area contributed by atoms with Crippen molar-refractivity contribution in [3.63, 3.8) is 0 Å². The zero-order valence-corrected chi connectivity index (χ0v) is 14.2. The largest absolute Gasteiger partial charge is 0.497 e. The third-order valence-electron chi connectivity index (χ3n) is 2.99. The van der Waals surface area contributed by atoms with E-state index in [1.165, 1.54) is 11.3 Å². The van der Waals surface area contributed by atoms with Gasteiger partial charge in [-0.05, 0) is 30.3 Å². The number of carbonyl (C=O) groups excluding carboxylic acids is 1. The number of amides is 2. The lowest BCUT2D eigenvalue weighted by molar-refractivity contribution is 0.262. The van der Waals surface area contributed by atoms with Crippen LogP contribution in [0.5, 0.6) is 5.75 Å². The number of nitrogens with zero attached hydrogens (tertiary/aromatic N) is 1. The van der Waals surface area contributed by atoms with Crippen LogP contribution in [0.2, 0.25) is 10.0 Å². The molecule has 1 heterocycles. The molecule has 0 fully saturated rings. The monoisotopic (exact) mass is 367 g/mol. The van der Waals surface area contributed by atoms with Gasteiger partial charge in [0.1, 0.15) is 5.75 Å². The number of fused-ring (bicyclic) bond motifs is 1. The molecule has 2 aromatic carbocycles. The van der Waals surface area contributed by atoms with Crippen LogP contribution in [0.3, 0.4) is 0 Å². The maximum atomic E-state index is 12.0. The van der Waals surface area contributed by atoms with Crippen LogP contribution < -0.4 is 15.4 Å². The zero-order chi connectivity index (χ0) is 16.4. The number of ether oxygens (including phenoxy) is 1. The Hall–Kier alpha value is -2.02. The molecule has 0 aliphatic rings. The van der Waals surface area contributed by atoms with Crippen molar-refractivity contribution >= 4 is 61.6 Å². The molecule has 0 atom stereocenters. The first-order chi connectivity index (χ1) is 11.0. The van der Waals surface area contributed by atoms with Gasteiger partial charge in [0.15, 0.2) is 5.13 Å². The molecule has 0 unspecified atom stereocenters. The standard InChI is InChI=1S/C15H11Cl2N3O2S/c1-22-9-3-5-13-12(7-9)19-15(23-13)20-14(21)18-8-2-4-10(16)11(17)6-8/h2-7H,1H3,(H2,18,19,20,21). The highest BCUT2D eigenvalue weighted by molar-refractivity contribution is 7.22. The molecule has 118 valence electrons. The number of anilines is 2. The molecule has 2 amide bonds. The van der Waals surface area contributed by atoms with Crippen LogP contribution in [0.4, 0.5) is 15.6 Å². The predicted molar refractivity (Wildman–Crippen MR) is 95.3 cm³/mol. The lowest BCUT2D eigenvalue weighted by Crippen LogP contribution is -2.19. The lowest BCUT2D eigenvalue weighted by Gasteiger charge is -2.06. The molecule has 2 N–H and O–H groups in total. The molecular weight excluding hydrogens is 357 g/mol. The lowest BCUT2D eigenvalue weighted by atomic mass is 10.3. The van der Waals surface area contributed by atoms with E-state index in [0.29, 0.717) is 20.9 Å². The van der Waals surface area contributed by atoms with Gasteiger partial charge in [-0.2, -0.15) is 0 Å². The molecule has 0 aliphatic heterocycles. The Balaban J connectivity index is 1.73. The molecule has 0 aliphatic carbocycles. The summed E-state index contributed by atoms with van der Waals surface area (Å²) in [6.45, 7) is 0. The summed E-state index contributed by atoms with van der Waals surface area (Å²) in [5.41, 5.74) is 1.30. The Bertz CT molecular complexity index is 882. The molecule has 0 spiro atoms. The van der Waals surface area contributed by atoms with Gasteiger partial charge in [-0.1, -0.05) is 34.5 Å². The Morgan fingerprint density at radius 3 is 2.70 bits per heavy atom. The summed E-state index contributed by atoms with van der Waals surface area (Å²) < 4.78 is 6.11. The van der Waals surface area contributed by atoms with Gasteiger partial charge in [0.25, 0.3) is 0 Å². The molecular formula is C15H11Cl2N3O2S. The van der Waals surface area contributed by atoms with E-state index in [9.17, 15) is 4.79 Å². The van der Waals surface area contributed by atoms with E-state index in [1.807, 2.05) is 18.2 Å². The van der Waals surface area contributed by atoms with Crippen molar-refractivity contribution in [1.82, 2.24) is 4.98 Å². The average Bonchev–Trinajstić information content (AvgIpc) is 2.91. The highest BCUT2D eigenvalue weighted by Crippen LogP contribution is 2.29. The second kappa shape index (κ2) is 6.62. The minimum atomic E-state index is -0.408. The predicted octanol–water partition coefficient (Wildman–Crippen LogP) is 5.26. The number of rotatable bonds is 3. The summed E-state index contributed by atoms with van der Waals surface area (Å²) in [5, 5.41) is 6.66. The highest BCUT2D eigenvalue weighted by Gasteiger charge is 2.09. The molecule has 8 heteroatoms. The van der Waals surface area contributed by atoms with E-state index in [2.05, 4.69) is 15.6 Å². The van der Waals surface area contributed by atoms with Crippen molar-refractivity contribution in [2.75, 3.05) is 17.7 Å². The summed E-state index contributed by atoms with van der Waals surface area (Å²) in [7, 11) is 1.59. The van der Waals surface area contributed by atoms with Crippen molar-refractivity contribution < 1.29 is 9.53 Å². The van der Waals surface area contributed by atoms with Gasteiger partial charge in [-0.15, -0.1) is 0 Å². The van der Waals surface area contributed by atoms with Crippen LogP contribution in [0.25, 0.3) is 10.2 Å². The van der Waals surface area contributed by atoms with Gasteiger partial charge >= 0.3 is 6.03 Å². The van der Waals surface area contributed by atoms with Crippen molar-refractivity contribution in [3.05, 3.63) is 46.4 Å². The quantitative estimate of drug-likeness (QED) is 0.663. The fourth-order valence-corrected chi connectivity index (χ4v) is 3.06. The topological polar surface area (TPSA) is 63.2 Å². The summed E-state index contributed by atoms with van der Waals surface area (Å²) in [6.07, 6.45) is 0. The second-order valence-corrected chi connectivity index (χ2v) is 6.41. The number of urea groups is 1. The second-order valence-electron chi connectivity index (χ2n) is 4.56. The van der Waals surface area contributed by atoms with Gasteiger partial charge in [0.05, 0.1) is 27.4 Å². The summed E-state index contributed by atoms with van der Waals surface area (Å²) in [6, 6.07) is 10.0. The van der Waals surface area contributed by atoms with E-state index < -0.39 is 6.03 Å². The van der Waals surface area contributed by atoms with Gasteiger partial charge < -0.3 is 10.1 Å². The number of hydrogen-bond donors (Lipinski definition) is 2. The van der Waals surface area contributed by atoms with Crippen molar-refractivity contribution in [3.8, 4) is 5.75 Å². The molecule has 1 aromatic heterocycles. The van der Waals surface area contributed by atoms with Crippen molar-refractivity contribution in [1.29, 1.82) is 0 Å². The van der Waals surface area contributed by atoms with E-state index in [-0.39, 0.29) is 0 Å². The highest BCUT2D eigenvalue weighted by atomic mass is 35.5. The Morgan fingerprint density at radius 2 is 1.96 bits per heavy atom. The number of carbonyl (C=O) groups is 1. The summed E-state index contributed by atoms with van der Waals surface area (Å²) in [4.78, 5) is 16.4. The number of benzene rings is 2. The van der Waals surface area contributed by atoms with Crippen LogP contribution in [0.15, 0.2) is 36.4 Å². The third-order valence-corrected chi connectivity index (χ3v) is 4.68. The first-order valence-corrected chi connectivity index (χ1v) is 8.10. The van der Waals surface area contributed by atoms with E-state index >= 15 is 0 Å². The van der Waals surface area contributed by atoms with Gasteiger partial charge in [0.2, 0.25) is 0 Å². The van der Waals surface area contributed by atoms with Crippen LogP contribution in [-0.4, -0.2) is 18.1 Å². The molecule has 0 saturated carbocycles. The summed E-state index contributed by atoms with van der Waals surface area (Å²) in [5.74, 6) is 0.717. The average molecular weight is 368 g/mol. The van der Waals surface area contributed by atoms with Crippen LogP contribution in [0, 0.1) is 0 Å². The van der Waals surface area contributed by atoms with E-state index in [1.54, 1.807) is 25.3 Å². The first-order valence-electron chi connectivity index (χ1n) is 6.53. The molecule has 3 aromatic rings. The van der Waals surface area contributed by atoms with Gasteiger partial charge in [-0.25, -0.2) is 9.78 Å². The smallest absolute Gasteiger partial charge is 0.325 e. The third kappa shape index (κ3) is 3.67. The van der Waals surface area contributed by atoms with Crippen LogP contribution in [-0.2, 0) is 0 Å². The molecule has 5 nitrogen and oxygen atoms in total. The number of methoxy groups -OCH3 is 1. The zero-order valence-electron chi connectivity index (χ0n) is 11.9. The molecule has 3 rings (SSSR count). The number of thiazole rings is 1. The Labute approximate surface area is 146 Å². The SMILES string of the molecule is COc1ccc2sc(NC(=O)Nc3ccc(Cl)c(Cl)c3)nc2c1. The van der Waals surface area contributed by atoms with Crippen LogP contribution >= 0.6 is 34.5 Å². The van der Waals surface area contributed by atoms with E-state index in [0.717, 1.165) is 16.0 Å². The molecule has 23 heavy (non-hydrogen) atoms. The molecule has 0 bridgehead atoms. The molecule has 0 saturated heterocycles. The number of aromatic nitrogens is 1.